The summed E-state index contributed by atoms with van der Waals surface area (Å²) in [6.07, 6.45) is 1.04. The van der Waals surface area contributed by atoms with Crippen LogP contribution in [0.5, 0.6) is 5.75 Å². The van der Waals surface area contributed by atoms with Crippen molar-refractivity contribution in [3.8, 4) is 5.75 Å². The number of carbonyl (C=O) groups excluding carboxylic acids is 1. The van der Waals surface area contributed by atoms with Crippen molar-refractivity contribution in [1.29, 1.82) is 0 Å². The van der Waals surface area contributed by atoms with Gasteiger partial charge >= 0.3 is 0 Å². The standard InChI is InChI=1S/C14H22N2O2/c1-10(2)11-5-7-13(18-4)12(9-11)6-8-14(17)16(3)15/h5,7,9-10H,6,8,15H2,1-4H3. The maximum absolute atomic E-state index is 11.5. The monoisotopic (exact) mass is 250 g/mol. The Labute approximate surface area is 109 Å². The second-order valence-corrected chi connectivity index (χ2v) is 4.73. The Morgan fingerprint density at radius 1 is 1.44 bits per heavy atom. The second kappa shape index (κ2) is 6.40. The molecule has 0 aliphatic heterocycles. The van der Waals surface area contributed by atoms with Crippen LogP contribution in [-0.4, -0.2) is 25.1 Å². The average Bonchev–Trinajstić information content (AvgIpc) is 2.35. The van der Waals surface area contributed by atoms with E-state index in [0.29, 0.717) is 18.8 Å². The van der Waals surface area contributed by atoms with Gasteiger partial charge in [-0.15, -0.1) is 0 Å². The molecule has 0 aromatic heterocycles. The number of hydrogen-bond donors (Lipinski definition) is 1. The molecule has 1 amide bonds. The maximum Gasteiger partial charge on any atom is 0.236 e. The molecule has 1 rings (SSSR count). The molecule has 18 heavy (non-hydrogen) atoms. The molecular formula is C14H22N2O2. The number of rotatable bonds is 5. The molecule has 0 aliphatic carbocycles. The molecule has 0 aliphatic rings. The van der Waals surface area contributed by atoms with Gasteiger partial charge in [0.1, 0.15) is 5.75 Å². The summed E-state index contributed by atoms with van der Waals surface area (Å²) >= 11 is 0. The maximum atomic E-state index is 11.5. The van der Waals surface area contributed by atoms with Crippen molar-refractivity contribution in [2.24, 2.45) is 5.84 Å². The van der Waals surface area contributed by atoms with Crippen LogP contribution in [0.3, 0.4) is 0 Å². The topological polar surface area (TPSA) is 55.6 Å². The highest BCUT2D eigenvalue weighted by atomic mass is 16.5. The molecular weight excluding hydrogens is 228 g/mol. The van der Waals surface area contributed by atoms with Crippen molar-refractivity contribution in [2.75, 3.05) is 14.2 Å². The first-order valence-electron chi connectivity index (χ1n) is 6.13. The second-order valence-electron chi connectivity index (χ2n) is 4.73. The molecule has 4 heteroatoms. The van der Waals surface area contributed by atoms with E-state index in [-0.39, 0.29) is 5.91 Å². The molecule has 0 heterocycles. The number of ether oxygens (including phenoxy) is 1. The Balaban J connectivity index is 2.85. The lowest BCUT2D eigenvalue weighted by Crippen LogP contribution is -2.33. The SMILES string of the molecule is COc1ccc(C(C)C)cc1CCC(=O)N(C)N. The Kier molecular flexibility index (Phi) is 5.16. The van der Waals surface area contributed by atoms with Gasteiger partial charge in [-0.05, 0) is 29.5 Å². The minimum absolute atomic E-state index is 0.0768. The molecule has 0 saturated heterocycles. The smallest absolute Gasteiger partial charge is 0.236 e. The van der Waals surface area contributed by atoms with E-state index in [1.165, 1.54) is 5.56 Å². The molecule has 1 aromatic carbocycles. The van der Waals surface area contributed by atoms with Gasteiger partial charge in [0, 0.05) is 13.5 Å². The highest BCUT2D eigenvalue weighted by Gasteiger charge is 2.10. The van der Waals surface area contributed by atoms with Gasteiger partial charge in [-0.3, -0.25) is 9.80 Å². The number of hydrogen-bond acceptors (Lipinski definition) is 3. The average molecular weight is 250 g/mol. The van der Waals surface area contributed by atoms with Crippen LogP contribution in [0.1, 0.15) is 37.3 Å². The third-order valence-corrected chi connectivity index (χ3v) is 2.97. The predicted octanol–water partition coefficient (Wildman–Crippen LogP) is 2.08. The number of hydrazine groups is 1. The van der Waals surface area contributed by atoms with E-state index in [1.54, 1.807) is 14.2 Å². The molecule has 0 bridgehead atoms. The zero-order chi connectivity index (χ0) is 13.7. The van der Waals surface area contributed by atoms with E-state index < -0.39 is 0 Å². The van der Waals surface area contributed by atoms with Gasteiger partial charge in [0.15, 0.2) is 0 Å². The summed E-state index contributed by atoms with van der Waals surface area (Å²) < 4.78 is 5.32. The van der Waals surface area contributed by atoms with Crippen LogP contribution in [0.2, 0.25) is 0 Å². The normalized spacial score (nSPS) is 10.6. The summed E-state index contributed by atoms with van der Waals surface area (Å²) in [7, 11) is 3.20. The number of nitrogens with two attached hydrogens (primary N) is 1. The number of benzene rings is 1. The van der Waals surface area contributed by atoms with Gasteiger partial charge in [-0.2, -0.15) is 0 Å². The Hall–Kier alpha value is -1.55. The lowest BCUT2D eigenvalue weighted by molar-refractivity contribution is -0.130. The minimum atomic E-state index is -0.0768. The third kappa shape index (κ3) is 3.74. The summed E-state index contributed by atoms with van der Waals surface area (Å²) in [5.74, 6) is 6.61. The highest BCUT2D eigenvalue weighted by Crippen LogP contribution is 2.25. The van der Waals surface area contributed by atoms with E-state index in [1.807, 2.05) is 6.07 Å². The summed E-state index contributed by atoms with van der Waals surface area (Å²) in [4.78, 5) is 11.5. The summed E-state index contributed by atoms with van der Waals surface area (Å²) in [6, 6.07) is 6.12. The largest absolute Gasteiger partial charge is 0.496 e. The molecule has 0 unspecified atom stereocenters. The molecule has 0 saturated carbocycles. The fraction of sp³-hybridized carbons (Fsp3) is 0.500. The van der Waals surface area contributed by atoms with Crippen molar-refractivity contribution in [3.63, 3.8) is 0 Å². The molecule has 0 spiro atoms. The fourth-order valence-electron chi connectivity index (χ4n) is 1.77. The van der Waals surface area contributed by atoms with Crippen LogP contribution in [0.15, 0.2) is 18.2 Å². The number of methoxy groups -OCH3 is 1. The van der Waals surface area contributed by atoms with Crippen molar-refractivity contribution in [3.05, 3.63) is 29.3 Å². The summed E-state index contributed by atoms with van der Waals surface area (Å²) in [5.41, 5.74) is 2.30. The lowest BCUT2D eigenvalue weighted by Gasteiger charge is -2.14. The first-order chi connectivity index (χ1) is 8.45. The van der Waals surface area contributed by atoms with Gasteiger partial charge in [-0.1, -0.05) is 26.0 Å². The first-order valence-corrected chi connectivity index (χ1v) is 6.13. The van der Waals surface area contributed by atoms with Gasteiger partial charge in [-0.25, -0.2) is 5.84 Å². The quantitative estimate of drug-likeness (QED) is 0.494. The fourth-order valence-corrected chi connectivity index (χ4v) is 1.77. The Morgan fingerprint density at radius 2 is 2.11 bits per heavy atom. The molecule has 1 aromatic rings. The molecule has 0 radical (unpaired) electrons. The lowest BCUT2D eigenvalue weighted by atomic mass is 9.98. The molecule has 4 nitrogen and oxygen atoms in total. The Morgan fingerprint density at radius 3 is 2.61 bits per heavy atom. The number of amides is 1. The molecule has 0 atom stereocenters. The van der Waals surface area contributed by atoms with Crippen LogP contribution in [0, 0.1) is 0 Å². The molecule has 0 fully saturated rings. The van der Waals surface area contributed by atoms with E-state index >= 15 is 0 Å². The number of aryl methyl sites for hydroxylation is 1. The van der Waals surface area contributed by atoms with Crippen LogP contribution in [0.25, 0.3) is 0 Å². The van der Waals surface area contributed by atoms with Crippen molar-refractivity contribution >= 4 is 5.91 Å². The summed E-state index contributed by atoms with van der Waals surface area (Å²) in [6.45, 7) is 4.29. The Bertz CT molecular complexity index is 414. The van der Waals surface area contributed by atoms with Crippen molar-refractivity contribution < 1.29 is 9.53 Å². The van der Waals surface area contributed by atoms with Gasteiger partial charge in [0.2, 0.25) is 5.91 Å². The predicted molar refractivity (Wildman–Crippen MR) is 72.4 cm³/mol. The van der Waals surface area contributed by atoms with Gasteiger partial charge < -0.3 is 4.74 Å². The van der Waals surface area contributed by atoms with Gasteiger partial charge in [0.05, 0.1) is 7.11 Å². The zero-order valence-electron chi connectivity index (χ0n) is 11.6. The van der Waals surface area contributed by atoms with E-state index in [0.717, 1.165) is 16.3 Å². The molecule has 100 valence electrons. The number of nitrogens with zero attached hydrogens (tertiary/aromatic N) is 1. The first kappa shape index (κ1) is 14.5. The van der Waals surface area contributed by atoms with Gasteiger partial charge in [0.25, 0.3) is 0 Å². The van der Waals surface area contributed by atoms with E-state index in [4.69, 9.17) is 10.6 Å². The third-order valence-electron chi connectivity index (χ3n) is 2.97. The number of carbonyl (C=O) groups is 1. The highest BCUT2D eigenvalue weighted by molar-refractivity contribution is 5.75. The zero-order valence-corrected chi connectivity index (χ0v) is 11.6. The van der Waals surface area contributed by atoms with Crippen LogP contribution in [0.4, 0.5) is 0 Å². The van der Waals surface area contributed by atoms with Crippen LogP contribution < -0.4 is 10.6 Å². The minimum Gasteiger partial charge on any atom is -0.496 e. The van der Waals surface area contributed by atoms with E-state index in [9.17, 15) is 4.79 Å². The van der Waals surface area contributed by atoms with Crippen LogP contribution >= 0.6 is 0 Å². The molecule has 2 N–H and O–H groups in total. The summed E-state index contributed by atoms with van der Waals surface area (Å²) in [5, 5.41) is 1.12. The van der Waals surface area contributed by atoms with Crippen molar-refractivity contribution in [2.45, 2.75) is 32.6 Å². The van der Waals surface area contributed by atoms with Crippen molar-refractivity contribution in [1.82, 2.24) is 5.01 Å². The van der Waals surface area contributed by atoms with Crippen LogP contribution in [-0.2, 0) is 11.2 Å². The van der Waals surface area contributed by atoms with E-state index in [2.05, 4.69) is 26.0 Å².